The predicted molar refractivity (Wildman–Crippen MR) is 115 cm³/mol. The maximum atomic E-state index is 12.6. The second-order valence-corrected chi connectivity index (χ2v) is 7.28. The minimum Gasteiger partial charge on any atom is -0.464 e. The summed E-state index contributed by atoms with van der Waals surface area (Å²) in [6.07, 6.45) is 5.19. The molecule has 6 nitrogen and oxygen atoms in total. The van der Waals surface area contributed by atoms with Gasteiger partial charge in [-0.25, -0.2) is 9.67 Å². The summed E-state index contributed by atoms with van der Waals surface area (Å²) in [6, 6.07) is 20.3. The van der Waals surface area contributed by atoms with E-state index in [4.69, 9.17) is 4.42 Å². The fraction of sp³-hybridized carbons (Fsp3) is 0.125. The van der Waals surface area contributed by atoms with Gasteiger partial charge in [-0.1, -0.05) is 54.6 Å². The van der Waals surface area contributed by atoms with Crippen LogP contribution >= 0.6 is 0 Å². The molecule has 0 atom stereocenters. The Morgan fingerprint density at radius 3 is 2.67 bits per heavy atom. The highest BCUT2D eigenvalue weighted by Gasteiger charge is 2.13. The molecule has 1 N–H and O–H groups in total. The maximum absolute atomic E-state index is 12.6. The molecule has 5 aromatic rings. The molecule has 2 aromatic heterocycles. The van der Waals surface area contributed by atoms with Gasteiger partial charge in [0, 0.05) is 17.5 Å². The van der Waals surface area contributed by atoms with Crippen molar-refractivity contribution in [2.75, 3.05) is 0 Å². The summed E-state index contributed by atoms with van der Waals surface area (Å²) in [7, 11) is 0. The van der Waals surface area contributed by atoms with Gasteiger partial charge in [-0.15, -0.1) is 0 Å². The summed E-state index contributed by atoms with van der Waals surface area (Å²) in [4.78, 5) is 16.5. The lowest BCUT2D eigenvalue weighted by molar-refractivity contribution is -0.120. The molecule has 0 aliphatic rings. The molecule has 3 aromatic carbocycles. The number of hydrogen-bond donors (Lipinski definition) is 1. The molecule has 0 saturated heterocycles. The highest BCUT2D eigenvalue weighted by atomic mass is 16.3. The van der Waals surface area contributed by atoms with Gasteiger partial charge in [0.25, 0.3) is 0 Å². The van der Waals surface area contributed by atoms with Crippen molar-refractivity contribution in [2.24, 2.45) is 0 Å². The number of carbonyl (C=O) groups is 1. The number of aromatic nitrogens is 3. The van der Waals surface area contributed by atoms with Crippen LogP contribution in [-0.4, -0.2) is 20.7 Å². The Hall–Kier alpha value is -3.93. The number of furan rings is 1. The third-order valence-electron chi connectivity index (χ3n) is 5.21. The van der Waals surface area contributed by atoms with Gasteiger partial charge in [0.15, 0.2) is 0 Å². The standard InChI is InChI=1S/C24H20N4O2/c29-23(26-12-17-5-7-18(8-6-17)13-28-16-25-15-27-28)11-20-14-30-22-10-9-19-3-1-2-4-21(19)24(20)22/h1-10,14-16H,11-13H2,(H,26,29). The highest BCUT2D eigenvalue weighted by molar-refractivity contribution is 6.08. The van der Waals surface area contributed by atoms with E-state index in [-0.39, 0.29) is 12.3 Å². The lowest BCUT2D eigenvalue weighted by Gasteiger charge is -2.07. The molecule has 0 unspecified atom stereocenters. The minimum absolute atomic E-state index is 0.0303. The molecule has 0 bridgehead atoms. The van der Waals surface area contributed by atoms with Gasteiger partial charge in [0.05, 0.1) is 19.2 Å². The number of nitrogens with zero attached hydrogens (tertiary/aromatic N) is 3. The fourth-order valence-corrected chi connectivity index (χ4v) is 3.70. The second kappa shape index (κ2) is 7.83. The Kier molecular flexibility index (Phi) is 4.73. The van der Waals surface area contributed by atoms with Crippen LogP contribution in [0.5, 0.6) is 0 Å². The third-order valence-corrected chi connectivity index (χ3v) is 5.21. The number of nitrogens with one attached hydrogen (secondary N) is 1. The largest absolute Gasteiger partial charge is 0.464 e. The Balaban J connectivity index is 1.25. The van der Waals surface area contributed by atoms with Crippen LogP contribution in [-0.2, 0) is 24.3 Å². The molecular formula is C24H20N4O2. The lowest BCUT2D eigenvalue weighted by atomic mass is 10.0. The van der Waals surface area contributed by atoms with E-state index in [1.54, 1.807) is 17.3 Å². The Labute approximate surface area is 173 Å². The Bertz CT molecular complexity index is 1300. The number of carbonyl (C=O) groups excluding carboxylic acids is 1. The third kappa shape index (κ3) is 3.67. The number of hydrogen-bond acceptors (Lipinski definition) is 4. The van der Waals surface area contributed by atoms with Gasteiger partial charge in [-0.2, -0.15) is 5.10 Å². The van der Waals surface area contributed by atoms with Crippen molar-refractivity contribution in [1.82, 2.24) is 20.1 Å². The van der Waals surface area contributed by atoms with Crippen LogP contribution in [0.4, 0.5) is 0 Å². The first kappa shape index (κ1) is 18.1. The zero-order valence-corrected chi connectivity index (χ0v) is 16.3. The first-order chi connectivity index (χ1) is 14.8. The van der Waals surface area contributed by atoms with E-state index in [9.17, 15) is 4.79 Å². The summed E-state index contributed by atoms with van der Waals surface area (Å²) in [6.45, 7) is 1.16. The van der Waals surface area contributed by atoms with Crippen molar-refractivity contribution in [1.29, 1.82) is 0 Å². The van der Waals surface area contributed by atoms with Gasteiger partial charge in [-0.3, -0.25) is 4.79 Å². The van der Waals surface area contributed by atoms with E-state index >= 15 is 0 Å². The first-order valence-corrected chi connectivity index (χ1v) is 9.81. The molecule has 6 heteroatoms. The van der Waals surface area contributed by atoms with E-state index in [1.165, 1.54) is 6.33 Å². The van der Waals surface area contributed by atoms with E-state index in [2.05, 4.69) is 27.5 Å². The van der Waals surface area contributed by atoms with Gasteiger partial charge >= 0.3 is 0 Å². The quantitative estimate of drug-likeness (QED) is 0.469. The molecule has 0 aliphatic heterocycles. The zero-order chi connectivity index (χ0) is 20.3. The van der Waals surface area contributed by atoms with Crippen molar-refractivity contribution in [3.63, 3.8) is 0 Å². The molecule has 1 amide bonds. The number of rotatable bonds is 6. The minimum atomic E-state index is -0.0303. The first-order valence-electron chi connectivity index (χ1n) is 9.81. The second-order valence-electron chi connectivity index (χ2n) is 7.28. The van der Waals surface area contributed by atoms with Gasteiger partial charge in [0.2, 0.25) is 5.91 Å². The van der Waals surface area contributed by atoms with Crippen molar-refractivity contribution >= 4 is 27.6 Å². The summed E-state index contributed by atoms with van der Waals surface area (Å²) in [5.41, 5.74) is 3.89. The van der Waals surface area contributed by atoms with Crippen LogP contribution in [0.25, 0.3) is 21.7 Å². The van der Waals surface area contributed by atoms with Crippen LogP contribution in [0.1, 0.15) is 16.7 Å². The van der Waals surface area contributed by atoms with Crippen molar-refractivity contribution < 1.29 is 9.21 Å². The average Bonchev–Trinajstić information content (AvgIpc) is 3.43. The summed E-state index contributed by atoms with van der Waals surface area (Å²) in [5.74, 6) is -0.0303. The van der Waals surface area contributed by atoms with Crippen molar-refractivity contribution in [3.05, 3.63) is 96.3 Å². The normalized spacial score (nSPS) is 11.2. The zero-order valence-electron chi connectivity index (χ0n) is 16.3. The van der Waals surface area contributed by atoms with E-state index in [0.717, 1.165) is 38.4 Å². The number of benzene rings is 3. The van der Waals surface area contributed by atoms with E-state index < -0.39 is 0 Å². The van der Waals surface area contributed by atoms with Gasteiger partial charge in [-0.05, 0) is 28.0 Å². The molecule has 2 heterocycles. The van der Waals surface area contributed by atoms with E-state index in [0.29, 0.717) is 13.1 Å². The summed E-state index contributed by atoms with van der Waals surface area (Å²) < 4.78 is 7.46. The molecule has 0 fully saturated rings. The van der Waals surface area contributed by atoms with Crippen LogP contribution in [0.2, 0.25) is 0 Å². The molecule has 148 valence electrons. The highest BCUT2D eigenvalue weighted by Crippen LogP contribution is 2.30. The topological polar surface area (TPSA) is 73.0 Å². The van der Waals surface area contributed by atoms with Crippen LogP contribution in [0, 0.1) is 0 Å². The number of amides is 1. The molecule has 30 heavy (non-hydrogen) atoms. The predicted octanol–water partition coefficient (Wildman–Crippen LogP) is 4.08. The SMILES string of the molecule is O=C(Cc1coc2ccc3ccccc3c12)NCc1ccc(Cn2cncn2)cc1. The average molecular weight is 396 g/mol. The number of fused-ring (bicyclic) bond motifs is 3. The van der Waals surface area contributed by atoms with Gasteiger partial charge < -0.3 is 9.73 Å². The fourth-order valence-electron chi connectivity index (χ4n) is 3.70. The molecule has 0 aliphatic carbocycles. The van der Waals surface area contributed by atoms with Crippen LogP contribution in [0.3, 0.4) is 0 Å². The maximum Gasteiger partial charge on any atom is 0.224 e. The molecule has 5 rings (SSSR count). The molecule has 0 radical (unpaired) electrons. The summed E-state index contributed by atoms with van der Waals surface area (Å²) >= 11 is 0. The van der Waals surface area contributed by atoms with Crippen LogP contribution < -0.4 is 5.32 Å². The lowest BCUT2D eigenvalue weighted by Crippen LogP contribution is -2.24. The Morgan fingerprint density at radius 1 is 1.00 bits per heavy atom. The van der Waals surface area contributed by atoms with Crippen molar-refractivity contribution in [2.45, 2.75) is 19.5 Å². The van der Waals surface area contributed by atoms with Crippen molar-refractivity contribution in [3.8, 4) is 0 Å². The molecule has 0 saturated carbocycles. The molecular weight excluding hydrogens is 376 g/mol. The smallest absolute Gasteiger partial charge is 0.224 e. The van der Waals surface area contributed by atoms with Crippen LogP contribution in [0.15, 0.2) is 84.0 Å². The Morgan fingerprint density at radius 2 is 1.83 bits per heavy atom. The monoisotopic (exact) mass is 396 g/mol. The van der Waals surface area contributed by atoms with Gasteiger partial charge in [0.1, 0.15) is 18.2 Å². The summed E-state index contributed by atoms with van der Waals surface area (Å²) in [5, 5.41) is 10.4. The van der Waals surface area contributed by atoms with E-state index in [1.807, 2.05) is 48.5 Å². The molecule has 0 spiro atoms.